The molecule has 1 heterocycles. The van der Waals surface area contributed by atoms with E-state index in [1.54, 1.807) is 7.11 Å². The van der Waals surface area contributed by atoms with Crippen molar-refractivity contribution >= 4 is 11.7 Å². The molecule has 3 aromatic rings. The maximum Gasteiger partial charge on any atom is 0.338 e. The molecule has 0 fully saturated rings. The number of nitrogens with one attached hydrogen (secondary N) is 1. The fraction of sp³-hybridized carbons (Fsp3) is 0.345. The van der Waals surface area contributed by atoms with Gasteiger partial charge in [0.05, 0.1) is 18.3 Å². The van der Waals surface area contributed by atoms with E-state index in [1.807, 2.05) is 55.5 Å². The number of hydrogen-bond donors (Lipinski definition) is 2. The van der Waals surface area contributed by atoms with Crippen LogP contribution >= 0.6 is 0 Å². The Morgan fingerprint density at radius 1 is 1.03 bits per heavy atom. The lowest BCUT2D eigenvalue weighted by molar-refractivity contribution is 0.0223. The SMILES string of the molecule is COc1ccc(CCC(C)(O)CC(C)(CNc2ccc3c(c2)COC3=O)c2ccccc2)cc1. The number of methoxy groups -OCH3 is 1. The molecule has 2 unspecified atom stereocenters. The summed E-state index contributed by atoms with van der Waals surface area (Å²) < 4.78 is 10.4. The minimum absolute atomic E-state index is 0.261. The van der Waals surface area contributed by atoms with Crippen molar-refractivity contribution in [2.75, 3.05) is 19.0 Å². The van der Waals surface area contributed by atoms with Gasteiger partial charge in [0.1, 0.15) is 12.4 Å². The molecule has 5 heteroatoms. The molecule has 178 valence electrons. The van der Waals surface area contributed by atoms with Crippen LogP contribution in [0.15, 0.2) is 72.8 Å². The minimum Gasteiger partial charge on any atom is -0.497 e. The highest BCUT2D eigenvalue weighted by atomic mass is 16.5. The van der Waals surface area contributed by atoms with Crippen LogP contribution in [-0.4, -0.2) is 30.3 Å². The van der Waals surface area contributed by atoms with Crippen LogP contribution in [0, 0.1) is 0 Å². The largest absolute Gasteiger partial charge is 0.497 e. The lowest BCUT2D eigenvalue weighted by Gasteiger charge is -2.38. The maximum absolute atomic E-state index is 11.8. The average molecular weight is 460 g/mol. The number of cyclic esters (lactones) is 1. The second kappa shape index (κ2) is 9.90. The number of carbonyl (C=O) groups excluding carboxylic acids is 1. The van der Waals surface area contributed by atoms with Gasteiger partial charge in [0.15, 0.2) is 0 Å². The number of carbonyl (C=O) groups is 1. The Bertz CT molecular complexity index is 1120. The van der Waals surface area contributed by atoms with E-state index >= 15 is 0 Å². The predicted molar refractivity (Wildman–Crippen MR) is 134 cm³/mol. The van der Waals surface area contributed by atoms with Gasteiger partial charge in [-0.25, -0.2) is 4.79 Å². The van der Waals surface area contributed by atoms with Gasteiger partial charge in [0, 0.05) is 23.2 Å². The van der Waals surface area contributed by atoms with E-state index < -0.39 is 5.60 Å². The van der Waals surface area contributed by atoms with E-state index in [-0.39, 0.29) is 11.4 Å². The van der Waals surface area contributed by atoms with Gasteiger partial charge in [-0.3, -0.25) is 0 Å². The Kier molecular flexibility index (Phi) is 6.94. The molecular formula is C29H33NO4. The predicted octanol–water partition coefficient (Wildman–Crippen LogP) is 5.51. The van der Waals surface area contributed by atoms with E-state index in [4.69, 9.17) is 9.47 Å². The number of ether oxygens (including phenoxy) is 2. The highest BCUT2D eigenvalue weighted by Crippen LogP contribution is 2.36. The van der Waals surface area contributed by atoms with Crippen LogP contribution in [0.1, 0.15) is 53.7 Å². The monoisotopic (exact) mass is 459 g/mol. The van der Waals surface area contributed by atoms with Gasteiger partial charge in [-0.1, -0.05) is 49.4 Å². The zero-order valence-corrected chi connectivity index (χ0v) is 20.1. The molecule has 34 heavy (non-hydrogen) atoms. The van der Waals surface area contributed by atoms with Gasteiger partial charge in [-0.05, 0) is 67.6 Å². The van der Waals surface area contributed by atoms with Gasteiger partial charge in [0.2, 0.25) is 0 Å². The van der Waals surface area contributed by atoms with Gasteiger partial charge < -0.3 is 19.9 Å². The molecule has 0 aromatic heterocycles. The summed E-state index contributed by atoms with van der Waals surface area (Å²) in [4.78, 5) is 11.8. The lowest BCUT2D eigenvalue weighted by Crippen LogP contribution is -2.40. The van der Waals surface area contributed by atoms with Crippen LogP contribution in [0.25, 0.3) is 0 Å². The van der Waals surface area contributed by atoms with Crippen molar-refractivity contribution in [3.8, 4) is 5.75 Å². The summed E-state index contributed by atoms with van der Waals surface area (Å²) in [6.45, 7) is 5.08. The highest BCUT2D eigenvalue weighted by Gasteiger charge is 2.35. The zero-order valence-electron chi connectivity index (χ0n) is 20.1. The number of anilines is 1. The third-order valence-electron chi connectivity index (χ3n) is 6.72. The van der Waals surface area contributed by atoms with E-state index in [2.05, 4.69) is 36.5 Å². The molecule has 4 rings (SSSR count). The Labute approximate surface area is 201 Å². The first-order valence-electron chi connectivity index (χ1n) is 11.7. The number of rotatable bonds is 10. The van der Waals surface area contributed by atoms with Crippen molar-refractivity contribution in [2.24, 2.45) is 0 Å². The standard InChI is InChI=1S/C29H33NO4/c1-28(23-7-5-4-6-8-23,20-30-24-11-14-26-22(17-24)18-34-27(26)31)19-29(2,32)16-15-21-9-12-25(33-3)13-10-21/h4-14,17,30,32H,15-16,18-20H2,1-3H3. The Morgan fingerprint density at radius 2 is 1.76 bits per heavy atom. The van der Waals surface area contributed by atoms with Gasteiger partial charge in [0.25, 0.3) is 0 Å². The molecule has 3 aromatic carbocycles. The molecule has 0 spiro atoms. The number of aryl methyl sites for hydroxylation is 1. The maximum atomic E-state index is 11.8. The summed E-state index contributed by atoms with van der Waals surface area (Å²) in [5, 5.41) is 15.0. The van der Waals surface area contributed by atoms with E-state index in [9.17, 15) is 9.90 Å². The molecule has 1 aliphatic heterocycles. The van der Waals surface area contributed by atoms with Crippen molar-refractivity contribution < 1.29 is 19.4 Å². The van der Waals surface area contributed by atoms with Crippen molar-refractivity contribution in [3.05, 3.63) is 95.1 Å². The topological polar surface area (TPSA) is 67.8 Å². The first-order chi connectivity index (χ1) is 16.3. The van der Waals surface area contributed by atoms with Gasteiger partial charge in [-0.15, -0.1) is 0 Å². The smallest absolute Gasteiger partial charge is 0.338 e. The molecule has 0 amide bonds. The Balaban J connectivity index is 1.48. The quantitative estimate of drug-likeness (QED) is 0.391. The van der Waals surface area contributed by atoms with Crippen molar-refractivity contribution in [1.29, 1.82) is 0 Å². The summed E-state index contributed by atoms with van der Waals surface area (Å²) in [6, 6.07) is 24.1. The fourth-order valence-corrected chi connectivity index (χ4v) is 4.78. The van der Waals surface area contributed by atoms with Crippen LogP contribution in [0.5, 0.6) is 5.75 Å². The average Bonchev–Trinajstić information content (AvgIpc) is 3.22. The van der Waals surface area contributed by atoms with Crippen LogP contribution in [0.3, 0.4) is 0 Å². The Hall–Kier alpha value is -3.31. The second-order valence-corrected chi connectivity index (χ2v) is 9.75. The summed E-state index contributed by atoms with van der Waals surface area (Å²) in [7, 11) is 1.66. The second-order valence-electron chi connectivity index (χ2n) is 9.75. The summed E-state index contributed by atoms with van der Waals surface area (Å²) >= 11 is 0. The van der Waals surface area contributed by atoms with E-state index in [0.29, 0.717) is 31.6 Å². The molecule has 1 aliphatic rings. The number of esters is 1. The van der Waals surface area contributed by atoms with Gasteiger partial charge in [-0.2, -0.15) is 0 Å². The summed E-state index contributed by atoms with van der Waals surface area (Å²) in [5.41, 5.74) is 3.67. The van der Waals surface area contributed by atoms with Crippen LogP contribution in [-0.2, 0) is 23.2 Å². The molecule has 0 saturated carbocycles. The van der Waals surface area contributed by atoms with Crippen molar-refractivity contribution in [2.45, 2.75) is 50.7 Å². The normalized spacial score (nSPS) is 16.2. The first-order valence-corrected chi connectivity index (χ1v) is 11.7. The Morgan fingerprint density at radius 3 is 2.47 bits per heavy atom. The summed E-state index contributed by atoms with van der Waals surface area (Å²) in [6.07, 6.45) is 2.04. The molecule has 0 radical (unpaired) electrons. The molecule has 2 atom stereocenters. The molecular weight excluding hydrogens is 426 g/mol. The van der Waals surface area contributed by atoms with Crippen molar-refractivity contribution in [1.82, 2.24) is 0 Å². The lowest BCUT2D eigenvalue weighted by atomic mass is 9.72. The fourth-order valence-electron chi connectivity index (χ4n) is 4.78. The molecule has 0 bridgehead atoms. The van der Waals surface area contributed by atoms with E-state index in [0.717, 1.165) is 23.4 Å². The third kappa shape index (κ3) is 5.60. The minimum atomic E-state index is -0.857. The zero-order chi connectivity index (χ0) is 24.2. The van der Waals surface area contributed by atoms with Crippen molar-refractivity contribution in [3.63, 3.8) is 0 Å². The number of benzene rings is 3. The van der Waals surface area contributed by atoms with Gasteiger partial charge >= 0.3 is 5.97 Å². The number of fused-ring (bicyclic) bond motifs is 1. The van der Waals surface area contributed by atoms with Crippen LogP contribution < -0.4 is 10.1 Å². The number of aliphatic hydroxyl groups is 1. The molecule has 0 saturated heterocycles. The number of hydrogen-bond acceptors (Lipinski definition) is 5. The highest BCUT2D eigenvalue weighted by molar-refractivity contribution is 5.93. The molecule has 5 nitrogen and oxygen atoms in total. The van der Waals surface area contributed by atoms with Crippen LogP contribution in [0.4, 0.5) is 5.69 Å². The molecule has 2 N–H and O–H groups in total. The molecule has 0 aliphatic carbocycles. The third-order valence-corrected chi connectivity index (χ3v) is 6.72. The van der Waals surface area contributed by atoms with Crippen LogP contribution in [0.2, 0.25) is 0 Å². The summed E-state index contributed by atoms with van der Waals surface area (Å²) in [5.74, 6) is 0.573. The van der Waals surface area contributed by atoms with E-state index in [1.165, 1.54) is 11.1 Å². The first kappa shape index (κ1) is 23.8.